The number of anilines is 1. The molecule has 0 radical (unpaired) electrons. The zero-order valence-electron chi connectivity index (χ0n) is 10.3. The molecule has 0 unspecified atom stereocenters. The summed E-state index contributed by atoms with van der Waals surface area (Å²) in [7, 11) is 0. The van der Waals surface area contributed by atoms with Crippen LogP contribution in [0.25, 0.3) is 0 Å². The van der Waals surface area contributed by atoms with Gasteiger partial charge in [-0.15, -0.1) is 0 Å². The summed E-state index contributed by atoms with van der Waals surface area (Å²) in [6.07, 6.45) is 0. The lowest BCUT2D eigenvalue weighted by Crippen LogP contribution is -2.37. The van der Waals surface area contributed by atoms with Gasteiger partial charge in [0.25, 0.3) is 0 Å². The van der Waals surface area contributed by atoms with Gasteiger partial charge in [0, 0.05) is 11.7 Å². The van der Waals surface area contributed by atoms with Crippen LogP contribution in [-0.2, 0) is 0 Å². The van der Waals surface area contributed by atoms with Crippen LogP contribution in [0.5, 0.6) is 0 Å². The molecular weight excluding hydrogens is 232 g/mol. The summed E-state index contributed by atoms with van der Waals surface area (Å²) < 4.78 is 0. The third-order valence-electron chi connectivity index (χ3n) is 2.07. The molecule has 0 bridgehead atoms. The molecule has 0 saturated carbocycles. The monoisotopic (exact) mass is 250 g/mol. The van der Waals surface area contributed by atoms with Crippen molar-refractivity contribution in [2.75, 3.05) is 5.73 Å². The molecule has 0 aliphatic carbocycles. The highest BCUT2D eigenvalue weighted by Gasteiger charge is 1.99. The lowest BCUT2D eigenvalue weighted by Gasteiger charge is -2.10. The van der Waals surface area contributed by atoms with Crippen molar-refractivity contribution >= 4 is 28.7 Å². The minimum atomic E-state index is 0.294. The van der Waals surface area contributed by atoms with Crippen LogP contribution in [0.2, 0.25) is 0 Å². The van der Waals surface area contributed by atoms with E-state index in [1.165, 1.54) is 0 Å². The van der Waals surface area contributed by atoms with Gasteiger partial charge in [-0.25, -0.2) is 0 Å². The summed E-state index contributed by atoms with van der Waals surface area (Å²) in [4.78, 5) is 0. The second-order valence-electron chi connectivity index (χ2n) is 4.06. The Morgan fingerprint density at radius 3 is 2.41 bits per heavy atom. The number of nitrogens with zero attached hydrogens (tertiary/aromatic N) is 1. The van der Waals surface area contributed by atoms with Crippen LogP contribution in [-0.4, -0.2) is 16.9 Å². The Kier molecular flexibility index (Phi) is 4.90. The quantitative estimate of drug-likeness (QED) is 0.332. The van der Waals surface area contributed by atoms with Gasteiger partial charge in [0.1, 0.15) is 0 Å². The second kappa shape index (κ2) is 6.20. The number of hydrogen-bond donors (Lipinski definition) is 3. The first-order chi connectivity index (χ1) is 7.99. The molecule has 0 fully saturated rings. The molecule has 1 aromatic rings. The van der Waals surface area contributed by atoms with E-state index in [-0.39, 0.29) is 0 Å². The molecule has 1 rings (SSSR count). The van der Waals surface area contributed by atoms with Crippen LogP contribution in [0.3, 0.4) is 0 Å². The fraction of sp³-hybridized carbons (Fsp3) is 0.333. The molecule has 4 N–H and O–H groups in total. The Morgan fingerprint density at radius 2 is 1.88 bits per heavy atom. The van der Waals surface area contributed by atoms with E-state index in [1.54, 1.807) is 0 Å². The van der Waals surface area contributed by atoms with E-state index in [9.17, 15) is 0 Å². The highest BCUT2D eigenvalue weighted by molar-refractivity contribution is 7.80. The largest absolute Gasteiger partial charge is 0.399 e. The molecule has 0 aromatic heterocycles. The van der Waals surface area contributed by atoms with Crippen molar-refractivity contribution < 1.29 is 0 Å². The van der Waals surface area contributed by atoms with Crippen LogP contribution in [0.4, 0.5) is 5.69 Å². The van der Waals surface area contributed by atoms with Crippen LogP contribution < -0.4 is 16.5 Å². The van der Waals surface area contributed by atoms with E-state index in [4.69, 9.17) is 18.0 Å². The topological polar surface area (TPSA) is 62.4 Å². The van der Waals surface area contributed by atoms with Crippen LogP contribution in [0, 0.1) is 0 Å². The van der Waals surface area contributed by atoms with Gasteiger partial charge in [0.15, 0.2) is 5.11 Å². The first-order valence-electron chi connectivity index (χ1n) is 5.45. The van der Waals surface area contributed by atoms with Crippen molar-refractivity contribution in [1.29, 1.82) is 0 Å². The lowest BCUT2D eigenvalue weighted by molar-refractivity contribution is 0.719. The Hall–Kier alpha value is -1.62. The molecule has 4 nitrogen and oxygen atoms in total. The van der Waals surface area contributed by atoms with E-state index in [1.807, 2.05) is 45.0 Å². The first kappa shape index (κ1) is 13.4. The highest BCUT2D eigenvalue weighted by Crippen LogP contribution is 2.06. The summed E-state index contributed by atoms with van der Waals surface area (Å²) >= 11 is 5.07. The fourth-order valence-electron chi connectivity index (χ4n) is 1.22. The average Bonchev–Trinajstić information content (AvgIpc) is 2.26. The SMILES string of the molecule is C/C(=N/NC(=S)NC(C)C)c1ccc(N)cc1. The molecule has 0 amide bonds. The molecule has 0 aliphatic heterocycles. The average molecular weight is 250 g/mol. The highest BCUT2D eigenvalue weighted by atomic mass is 32.1. The van der Waals surface area contributed by atoms with Crippen molar-refractivity contribution in [2.45, 2.75) is 26.8 Å². The van der Waals surface area contributed by atoms with Crippen molar-refractivity contribution in [2.24, 2.45) is 5.10 Å². The summed E-state index contributed by atoms with van der Waals surface area (Å²) in [5.41, 5.74) is 11.0. The molecule has 0 heterocycles. The number of nitrogens with two attached hydrogens (primary N) is 1. The summed E-state index contributed by atoms with van der Waals surface area (Å²) in [5, 5.41) is 7.77. The zero-order chi connectivity index (χ0) is 12.8. The summed E-state index contributed by atoms with van der Waals surface area (Å²) in [5.74, 6) is 0. The maximum absolute atomic E-state index is 5.62. The lowest BCUT2D eigenvalue weighted by atomic mass is 10.1. The number of thiocarbonyl (C=S) groups is 1. The Bertz CT molecular complexity index is 409. The number of hydrazone groups is 1. The van der Waals surface area contributed by atoms with Crippen molar-refractivity contribution in [1.82, 2.24) is 10.7 Å². The fourth-order valence-corrected chi connectivity index (χ4v) is 1.50. The molecule has 0 spiro atoms. The first-order valence-corrected chi connectivity index (χ1v) is 5.86. The van der Waals surface area contributed by atoms with Crippen molar-refractivity contribution in [3.8, 4) is 0 Å². The Morgan fingerprint density at radius 1 is 1.29 bits per heavy atom. The molecule has 92 valence electrons. The maximum atomic E-state index is 5.62. The number of nitrogen functional groups attached to an aromatic ring is 1. The number of nitrogens with one attached hydrogen (secondary N) is 2. The van der Waals surface area contributed by atoms with Crippen LogP contribution >= 0.6 is 12.2 Å². The third kappa shape index (κ3) is 4.82. The van der Waals surface area contributed by atoms with Crippen molar-refractivity contribution in [3.05, 3.63) is 29.8 Å². The van der Waals surface area contributed by atoms with Crippen LogP contribution in [0.15, 0.2) is 29.4 Å². The van der Waals surface area contributed by atoms with E-state index >= 15 is 0 Å². The molecule has 1 aromatic carbocycles. The van der Waals surface area contributed by atoms with Gasteiger partial charge in [-0.2, -0.15) is 5.10 Å². The Balaban J connectivity index is 2.60. The summed E-state index contributed by atoms with van der Waals surface area (Å²) in [6.45, 7) is 5.95. The van der Waals surface area contributed by atoms with Gasteiger partial charge in [0.2, 0.25) is 0 Å². The van der Waals surface area contributed by atoms with Gasteiger partial charge >= 0.3 is 0 Å². The van der Waals surface area contributed by atoms with E-state index < -0.39 is 0 Å². The molecular formula is C12H18N4S. The minimum Gasteiger partial charge on any atom is -0.399 e. The normalized spacial score (nSPS) is 11.4. The number of rotatable bonds is 3. The van der Waals surface area contributed by atoms with Gasteiger partial charge in [-0.1, -0.05) is 12.1 Å². The predicted octanol–water partition coefficient (Wildman–Crippen LogP) is 1.87. The maximum Gasteiger partial charge on any atom is 0.187 e. The smallest absolute Gasteiger partial charge is 0.187 e. The minimum absolute atomic E-state index is 0.294. The van der Waals surface area contributed by atoms with Gasteiger partial charge in [-0.3, -0.25) is 5.43 Å². The molecule has 0 atom stereocenters. The molecule has 17 heavy (non-hydrogen) atoms. The van der Waals surface area contributed by atoms with E-state index in [0.29, 0.717) is 11.2 Å². The Labute approximate surface area is 107 Å². The molecule has 5 heteroatoms. The number of hydrogen-bond acceptors (Lipinski definition) is 3. The van der Waals surface area contributed by atoms with Gasteiger partial charge < -0.3 is 11.1 Å². The van der Waals surface area contributed by atoms with Crippen LogP contribution in [0.1, 0.15) is 26.3 Å². The molecule has 0 aliphatic rings. The van der Waals surface area contributed by atoms with E-state index in [2.05, 4.69) is 15.8 Å². The second-order valence-corrected chi connectivity index (χ2v) is 4.47. The predicted molar refractivity (Wildman–Crippen MR) is 77.1 cm³/mol. The summed E-state index contributed by atoms with van der Waals surface area (Å²) in [6, 6.07) is 7.84. The van der Waals surface area contributed by atoms with E-state index in [0.717, 1.165) is 17.0 Å². The third-order valence-corrected chi connectivity index (χ3v) is 2.28. The standard InChI is InChI=1S/C12H18N4S/c1-8(2)14-12(17)16-15-9(3)10-4-6-11(13)7-5-10/h4-8H,13H2,1-3H3,(H2,14,16,17)/b15-9-. The number of benzene rings is 1. The zero-order valence-corrected chi connectivity index (χ0v) is 11.1. The van der Waals surface area contributed by atoms with Gasteiger partial charge in [-0.05, 0) is 50.7 Å². The molecule has 0 saturated heterocycles. The van der Waals surface area contributed by atoms with Gasteiger partial charge in [0.05, 0.1) is 5.71 Å². The van der Waals surface area contributed by atoms with Crippen molar-refractivity contribution in [3.63, 3.8) is 0 Å².